The molecule has 5 rings (SSSR count). The monoisotopic (exact) mass is 377 g/mol. The fourth-order valence-electron chi connectivity index (χ4n) is 5.89. The number of phenols is 1. The summed E-state index contributed by atoms with van der Waals surface area (Å²) in [6.07, 6.45) is 0.805. The maximum Gasteiger partial charge on any atom is 0.177 e. The summed E-state index contributed by atoms with van der Waals surface area (Å²) in [6, 6.07) is 0.948. The number of Topliss-reactive ketones (excluding diaryl/α,β-unsaturated/α-hetero) is 1. The average molecular weight is 378 g/mol. The van der Waals surface area contributed by atoms with Crippen molar-refractivity contribution >= 4 is 17.4 Å². The number of aromatic hydroxyl groups is 1. The van der Waals surface area contributed by atoms with Crippen molar-refractivity contribution in [2.24, 2.45) is 0 Å². The minimum atomic E-state index is -1.33. The van der Waals surface area contributed by atoms with Gasteiger partial charge in [0.25, 0.3) is 0 Å². The molecule has 2 heterocycles. The molecule has 0 aromatic heterocycles. The minimum absolute atomic E-state index is 0.0686. The van der Waals surface area contributed by atoms with Gasteiger partial charge in [0.2, 0.25) is 0 Å². The first kappa shape index (κ1) is 16.6. The van der Waals surface area contributed by atoms with E-state index in [2.05, 4.69) is 6.58 Å². The summed E-state index contributed by atoms with van der Waals surface area (Å²) in [5.74, 6) is -0.177. The number of carbonyl (C=O) groups is 1. The van der Waals surface area contributed by atoms with Crippen LogP contribution in [0.5, 0.6) is 11.5 Å². The number of rotatable bonds is 2. The lowest BCUT2D eigenvalue weighted by Gasteiger charge is -2.63. The number of carbonyl (C=O) groups excluding carboxylic acids is 1. The van der Waals surface area contributed by atoms with Crippen LogP contribution in [0.15, 0.2) is 18.7 Å². The van der Waals surface area contributed by atoms with E-state index in [-0.39, 0.29) is 35.1 Å². The van der Waals surface area contributed by atoms with E-state index in [1.807, 2.05) is 4.90 Å². The Labute approximate surface area is 155 Å². The van der Waals surface area contributed by atoms with E-state index >= 15 is 0 Å². The zero-order valence-electron chi connectivity index (χ0n) is 14.1. The standard InChI is InChI=1S/C19H20ClNO5/c1-2-6-21-7-5-18-12-9-8-10(20)14(24)15(12)26-17(18)11(22)3-4-19(18,25)16(21)13(9)23/h2,8,13,16-17,23-25H,1,3-7H2/t13?,16-,17+,18+,19-/m1/s1. The molecule has 7 heteroatoms. The first-order valence-electron chi connectivity index (χ1n) is 8.87. The number of phenolic OH excluding ortho intramolecular Hbond substituents is 1. The summed E-state index contributed by atoms with van der Waals surface area (Å²) in [5, 5.41) is 33.6. The van der Waals surface area contributed by atoms with Crippen molar-refractivity contribution in [1.29, 1.82) is 0 Å². The van der Waals surface area contributed by atoms with E-state index < -0.39 is 29.3 Å². The first-order chi connectivity index (χ1) is 12.4. The molecular weight excluding hydrogens is 358 g/mol. The quantitative estimate of drug-likeness (QED) is 0.676. The van der Waals surface area contributed by atoms with Crippen molar-refractivity contribution in [3.8, 4) is 11.5 Å². The van der Waals surface area contributed by atoms with Crippen LogP contribution in [0.2, 0.25) is 5.02 Å². The number of ketones is 1. The Balaban J connectivity index is 1.85. The molecule has 138 valence electrons. The SMILES string of the molecule is C=CCN1CC[C@]23c4c5cc(Cl)c(O)c4O[C@H]2C(=O)CC[C@@]3(O)[C@H]1C5O. The van der Waals surface area contributed by atoms with Gasteiger partial charge in [0.05, 0.1) is 28.2 Å². The Morgan fingerprint density at radius 1 is 1.46 bits per heavy atom. The van der Waals surface area contributed by atoms with Crippen LogP contribution < -0.4 is 4.74 Å². The van der Waals surface area contributed by atoms with Gasteiger partial charge in [-0.15, -0.1) is 6.58 Å². The van der Waals surface area contributed by atoms with Crippen LogP contribution >= 0.6 is 11.6 Å². The predicted octanol–water partition coefficient (Wildman–Crippen LogP) is 1.45. The second-order valence-electron chi connectivity index (χ2n) is 7.78. The number of halogens is 1. The summed E-state index contributed by atoms with van der Waals surface area (Å²) < 4.78 is 5.92. The third-order valence-corrected chi connectivity index (χ3v) is 7.13. The van der Waals surface area contributed by atoms with Gasteiger partial charge in [0.15, 0.2) is 23.4 Å². The Bertz CT molecular complexity index is 857. The Hall–Kier alpha value is -1.60. The highest BCUT2D eigenvalue weighted by Gasteiger charge is 2.74. The molecule has 2 fully saturated rings. The fraction of sp³-hybridized carbons (Fsp3) is 0.526. The van der Waals surface area contributed by atoms with Crippen molar-refractivity contribution in [1.82, 2.24) is 4.90 Å². The molecule has 1 unspecified atom stereocenters. The highest BCUT2D eigenvalue weighted by Crippen LogP contribution is 2.67. The van der Waals surface area contributed by atoms with Gasteiger partial charge in [0, 0.05) is 25.1 Å². The molecule has 4 aliphatic rings. The maximum absolute atomic E-state index is 12.7. The molecule has 1 aromatic carbocycles. The second-order valence-corrected chi connectivity index (χ2v) is 8.19. The van der Waals surface area contributed by atoms with Crippen molar-refractivity contribution in [3.63, 3.8) is 0 Å². The number of aliphatic hydroxyl groups excluding tert-OH is 1. The van der Waals surface area contributed by atoms with Crippen LogP contribution in [-0.4, -0.2) is 56.8 Å². The molecule has 1 aromatic rings. The van der Waals surface area contributed by atoms with E-state index in [4.69, 9.17) is 16.3 Å². The van der Waals surface area contributed by atoms with Crippen LogP contribution in [0.3, 0.4) is 0 Å². The smallest absolute Gasteiger partial charge is 0.177 e. The van der Waals surface area contributed by atoms with Crippen molar-refractivity contribution < 1.29 is 24.9 Å². The third-order valence-electron chi connectivity index (χ3n) is 6.84. The Morgan fingerprint density at radius 2 is 2.23 bits per heavy atom. The Kier molecular flexibility index (Phi) is 3.19. The van der Waals surface area contributed by atoms with Crippen LogP contribution in [0.25, 0.3) is 0 Å². The van der Waals surface area contributed by atoms with Gasteiger partial charge in [0.1, 0.15) is 0 Å². The molecule has 6 nitrogen and oxygen atoms in total. The molecular formula is C19H20ClNO5. The molecule has 1 saturated heterocycles. The Morgan fingerprint density at radius 3 is 2.96 bits per heavy atom. The largest absolute Gasteiger partial charge is 0.503 e. The highest BCUT2D eigenvalue weighted by molar-refractivity contribution is 6.32. The number of benzene rings is 1. The lowest BCUT2D eigenvalue weighted by molar-refractivity contribution is -0.209. The zero-order valence-corrected chi connectivity index (χ0v) is 14.9. The van der Waals surface area contributed by atoms with Gasteiger partial charge in [-0.3, -0.25) is 9.69 Å². The lowest BCUT2D eigenvalue weighted by atomic mass is 9.48. The van der Waals surface area contributed by atoms with E-state index in [9.17, 15) is 20.1 Å². The molecule has 0 radical (unpaired) electrons. The second kappa shape index (κ2) is 5.01. The van der Waals surface area contributed by atoms with Gasteiger partial charge in [-0.1, -0.05) is 17.7 Å². The lowest BCUT2D eigenvalue weighted by Crippen LogP contribution is -2.77. The number of likely N-dealkylation sites (tertiary alicyclic amines) is 1. The molecule has 26 heavy (non-hydrogen) atoms. The number of hydrogen-bond donors (Lipinski definition) is 3. The van der Waals surface area contributed by atoms with Crippen LogP contribution in [0, 0.1) is 0 Å². The molecule has 1 saturated carbocycles. The number of hydrogen-bond acceptors (Lipinski definition) is 6. The number of aliphatic hydroxyl groups is 2. The highest BCUT2D eigenvalue weighted by atomic mass is 35.5. The molecule has 5 atom stereocenters. The molecule has 3 N–H and O–H groups in total. The van der Waals surface area contributed by atoms with Gasteiger partial charge in [-0.05, 0) is 24.5 Å². The van der Waals surface area contributed by atoms with E-state index in [0.29, 0.717) is 30.6 Å². The van der Waals surface area contributed by atoms with Crippen LogP contribution in [-0.2, 0) is 10.2 Å². The topological polar surface area (TPSA) is 90.2 Å². The first-order valence-corrected chi connectivity index (χ1v) is 9.25. The molecule has 2 aliphatic heterocycles. The number of ether oxygens (including phenoxy) is 1. The fourth-order valence-corrected chi connectivity index (χ4v) is 6.10. The summed E-state index contributed by atoms with van der Waals surface area (Å²) in [6.45, 7) is 4.89. The zero-order chi connectivity index (χ0) is 18.4. The van der Waals surface area contributed by atoms with Crippen LogP contribution in [0.1, 0.15) is 36.5 Å². The summed E-state index contributed by atoms with van der Waals surface area (Å²) in [7, 11) is 0. The summed E-state index contributed by atoms with van der Waals surface area (Å²) >= 11 is 6.16. The van der Waals surface area contributed by atoms with E-state index in [1.165, 1.54) is 6.07 Å². The number of piperidine rings is 1. The van der Waals surface area contributed by atoms with Crippen LogP contribution in [0.4, 0.5) is 0 Å². The molecule has 0 amide bonds. The summed E-state index contributed by atoms with van der Waals surface area (Å²) in [4.78, 5) is 14.7. The number of nitrogens with zero attached hydrogens (tertiary/aromatic N) is 1. The molecule has 2 bridgehead atoms. The van der Waals surface area contributed by atoms with Gasteiger partial charge in [-0.2, -0.15) is 0 Å². The normalized spacial score (nSPS) is 40.1. The van der Waals surface area contributed by atoms with Gasteiger partial charge in [-0.25, -0.2) is 0 Å². The van der Waals surface area contributed by atoms with Crippen molar-refractivity contribution in [2.45, 2.75) is 48.5 Å². The average Bonchev–Trinajstić information content (AvgIpc) is 2.95. The van der Waals surface area contributed by atoms with Gasteiger partial charge >= 0.3 is 0 Å². The molecule has 1 spiro atoms. The van der Waals surface area contributed by atoms with E-state index in [1.54, 1.807) is 6.08 Å². The van der Waals surface area contributed by atoms with Gasteiger partial charge < -0.3 is 20.1 Å². The third kappa shape index (κ3) is 1.59. The minimum Gasteiger partial charge on any atom is -0.503 e. The predicted molar refractivity (Wildman–Crippen MR) is 93.5 cm³/mol. The maximum atomic E-state index is 12.7. The van der Waals surface area contributed by atoms with Crippen molar-refractivity contribution in [3.05, 3.63) is 34.9 Å². The van der Waals surface area contributed by atoms with Crippen molar-refractivity contribution in [2.75, 3.05) is 13.1 Å². The molecule has 2 aliphatic carbocycles. The van der Waals surface area contributed by atoms with E-state index in [0.717, 1.165) is 0 Å². The summed E-state index contributed by atoms with van der Waals surface area (Å²) in [5.41, 5.74) is -1.20.